The van der Waals surface area contributed by atoms with Gasteiger partial charge in [0.25, 0.3) is 0 Å². The van der Waals surface area contributed by atoms with Crippen molar-refractivity contribution in [1.82, 2.24) is 9.88 Å². The van der Waals surface area contributed by atoms with E-state index in [4.69, 9.17) is 0 Å². The fraction of sp³-hybridized carbons (Fsp3) is 0.130. The fourth-order valence-corrected chi connectivity index (χ4v) is 8.85. The van der Waals surface area contributed by atoms with Crippen LogP contribution in [0.3, 0.4) is 0 Å². The van der Waals surface area contributed by atoms with E-state index in [1.165, 1.54) is 76.6 Å². The zero-order valence-electron chi connectivity index (χ0n) is 26.8. The number of benzene rings is 6. The summed E-state index contributed by atoms with van der Waals surface area (Å²) in [4.78, 5) is 0. The zero-order valence-corrected chi connectivity index (χ0v) is 26.8. The second-order valence-electron chi connectivity index (χ2n) is 13.6. The highest BCUT2D eigenvalue weighted by Gasteiger charge is 2.33. The van der Waals surface area contributed by atoms with Gasteiger partial charge < -0.3 is 9.88 Å². The molecule has 1 heterocycles. The second kappa shape index (κ2) is 11.0. The van der Waals surface area contributed by atoms with E-state index in [2.05, 4.69) is 168 Å². The summed E-state index contributed by atoms with van der Waals surface area (Å²) in [6, 6.07) is 40.7. The summed E-state index contributed by atoms with van der Waals surface area (Å²) in [5.74, 6) is 0.643. The second-order valence-corrected chi connectivity index (χ2v) is 13.6. The van der Waals surface area contributed by atoms with Crippen molar-refractivity contribution in [2.24, 2.45) is 5.92 Å². The Morgan fingerprint density at radius 3 is 2.33 bits per heavy atom. The molecule has 7 aromatic rings. The Bertz CT molecular complexity index is 2590. The monoisotopic (exact) mass is 616 g/mol. The van der Waals surface area contributed by atoms with Crippen LogP contribution in [0, 0.1) is 5.92 Å². The number of allylic oxidation sites excluding steroid dienone is 8. The van der Waals surface area contributed by atoms with Gasteiger partial charge in [0.05, 0.1) is 17.1 Å². The van der Waals surface area contributed by atoms with Gasteiger partial charge >= 0.3 is 0 Å². The maximum atomic E-state index is 3.98. The first-order valence-corrected chi connectivity index (χ1v) is 17.4. The van der Waals surface area contributed by atoms with Crippen molar-refractivity contribution >= 4 is 65.9 Å². The summed E-state index contributed by atoms with van der Waals surface area (Å²) in [6.07, 6.45) is 22.0. The summed E-state index contributed by atoms with van der Waals surface area (Å²) in [5.41, 5.74) is 7.92. The van der Waals surface area contributed by atoms with E-state index in [0.29, 0.717) is 11.8 Å². The lowest BCUT2D eigenvalue weighted by atomic mass is 9.73. The number of nitrogens with one attached hydrogen (secondary N) is 1. The molecular formula is C46H36N2. The number of fused-ring (bicyclic) bond motifs is 11. The molecule has 3 atom stereocenters. The number of hydrogen-bond donors (Lipinski definition) is 1. The molecule has 48 heavy (non-hydrogen) atoms. The summed E-state index contributed by atoms with van der Waals surface area (Å²) in [7, 11) is 0. The van der Waals surface area contributed by atoms with Crippen LogP contribution in [0.5, 0.6) is 0 Å². The zero-order chi connectivity index (χ0) is 31.6. The predicted molar refractivity (Wildman–Crippen MR) is 205 cm³/mol. The molecule has 3 aliphatic rings. The van der Waals surface area contributed by atoms with E-state index >= 15 is 0 Å². The number of hydrogen-bond acceptors (Lipinski definition) is 1. The third-order valence-electron chi connectivity index (χ3n) is 10.9. The van der Waals surface area contributed by atoms with Crippen LogP contribution < -0.4 is 5.32 Å². The molecule has 2 nitrogen and oxygen atoms in total. The van der Waals surface area contributed by atoms with Crippen LogP contribution in [-0.2, 0) is 0 Å². The van der Waals surface area contributed by atoms with Crippen LogP contribution in [0.1, 0.15) is 36.3 Å². The predicted octanol–water partition coefficient (Wildman–Crippen LogP) is 11.7. The Labute approximate surface area is 280 Å². The van der Waals surface area contributed by atoms with E-state index in [9.17, 15) is 0 Å². The van der Waals surface area contributed by atoms with Gasteiger partial charge in [-0.05, 0) is 76.1 Å². The van der Waals surface area contributed by atoms with Crippen LogP contribution in [0.25, 0.3) is 65.9 Å². The fourth-order valence-electron chi connectivity index (χ4n) is 8.85. The molecular weight excluding hydrogens is 581 g/mol. The lowest BCUT2D eigenvalue weighted by molar-refractivity contribution is 0.425. The van der Waals surface area contributed by atoms with Gasteiger partial charge in [0.2, 0.25) is 0 Å². The van der Waals surface area contributed by atoms with Gasteiger partial charge in [-0.3, -0.25) is 0 Å². The molecule has 0 radical (unpaired) electrons. The van der Waals surface area contributed by atoms with E-state index in [0.717, 1.165) is 19.3 Å². The van der Waals surface area contributed by atoms with Crippen LogP contribution >= 0.6 is 0 Å². The highest BCUT2D eigenvalue weighted by Crippen LogP contribution is 2.46. The minimum absolute atomic E-state index is 0.223. The van der Waals surface area contributed by atoms with Crippen molar-refractivity contribution in [2.75, 3.05) is 0 Å². The van der Waals surface area contributed by atoms with Crippen molar-refractivity contribution in [2.45, 2.75) is 31.2 Å². The lowest BCUT2D eigenvalue weighted by Gasteiger charge is -2.37. The Morgan fingerprint density at radius 1 is 0.646 bits per heavy atom. The average molecular weight is 617 g/mol. The molecule has 1 N–H and O–H groups in total. The molecule has 1 aromatic heterocycles. The highest BCUT2D eigenvalue weighted by molar-refractivity contribution is 6.37. The maximum Gasteiger partial charge on any atom is 0.0626 e. The topological polar surface area (TPSA) is 17.0 Å². The summed E-state index contributed by atoms with van der Waals surface area (Å²) in [5, 5.41) is 14.5. The molecule has 0 saturated heterocycles. The van der Waals surface area contributed by atoms with Gasteiger partial charge in [-0.15, -0.1) is 0 Å². The third-order valence-corrected chi connectivity index (χ3v) is 10.9. The van der Waals surface area contributed by atoms with Gasteiger partial charge in [-0.2, -0.15) is 0 Å². The van der Waals surface area contributed by atoms with E-state index in [1.54, 1.807) is 0 Å². The maximum absolute atomic E-state index is 3.98. The van der Waals surface area contributed by atoms with Crippen molar-refractivity contribution in [3.63, 3.8) is 0 Å². The molecule has 0 amide bonds. The lowest BCUT2D eigenvalue weighted by Crippen LogP contribution is -2.38. The van der Waals surface area contributed by atoms with Crippen LogP contribution in [0.4, 0.5) is 0 Å². The quantitative estimate of drug-likeness (QED) is 0.195. The van der Waals surface area contributed by atoms with Gasteiger partial charge in [-0.25, -0.2) is 0 Å². The van der Waals surface area contributed by atoms with Crippen molar-refractivity contribution in [3.05, 3.63) is 169 Å². The first kappa shape index (κ1) is 27.5. The Morgan fingerprint density at radius 2 is 1.44 bits per heavy atom. The molecule has 2 heteroatoms. The van der Waals surface area contributed by atoms with E-state index < -0.39 is 0 Å². The first-order valence-electron chi connectivity index (χ1n) is 17.4. The average Bonchev–Trinajstić information content (AvgIpc) is 3.50. The van der Waals surface area contributed by atoms with Gasteiger partial charge in [0.1, 0.15) is 0 Å². The van der Waals surface area contributed by atoms with Crippen molar-refractivity contribution < 1.29 is 0 Å². The molecule has 0 fully saturated rings. The van der Waals surface area contributed by atoms with E-state index in [-0.39, 0.29) is 6.04 Å². The SMILES string of the molecule is C1=CCCC(NC2C=Cc3ccccc3C2C2C=C(n3c4ccccc4c4c5c6ccccc6ccc5c5ccccc5c43)C=CC2)=C1. The Balaban J connectivity index is 1.23. The summed E-state index contributed by atoms with van der Waals surface area (Å²) >= 11 is 0. The Kier molecular flexibility index (Phi) is 6.30. The molecule has 0 saturated carbocycles. The molecule has 6 aromatic carbocycles. The minimum Gasteiger partial charge on any atom is -0.381 e. The Hall–Kier alpha value is -5.60. The van der Waals surface area contributed by atoms with E-state index in [1.807, 2.05) is 0 Å². The van der Waals surface area contributed by atoms with Crippen molar-refractivity contribution in [1.29, 1.82) is 0 Å². The van der Waals surface area contributed by atoms with Gasteiger partial charge in [0.15, 0.2) is 0 Å². The van der Waals surface area contributed by atoms with Crippen LogP contribution in [0.15, 0.2) is 157 Å². The minimum atomic E-state index is 0.223. The standard InChI is InChI=1S/C46H36N2/c1-2-16-33(17-3-1)47-41-28-26-31-14-4-6-19-35(31)43(41)32-15-12-18-34(29-32)48-42-24-11-10-23-40(42)45-44-36-20-7-5-13-30(36)25-27-38(44)37-21-8-9-22-39(37)46(45)48/h1-2,4-14,16,18-29,32,41,43,47H,3,15,17H2. The van der Waals surface area contributed by atoms with Crippen molar-refractivity contribution in [3.8, 4) is 0 Å². The van der Waals surface area contributed by atoms with Crippen LogP contribution in [0.2, 0.25) is 0 Å². The summed E-state index contributed by atoms with van der Waals surface area (Å²) in [6.45, 7) is 0. The normalized spacial score (nSPS) is 20.5. The number of nitrogens with zero attached hydrogens (tertiary/aromatic N) is 1. The summed E-state index contributed by atoms with van der Waals surface area (Å²) < 4.78 is 2.57. The third kappa shape index (κ3) is 4.19. The smallest absolute Gasteiger partial charge is 0.0626 e. The molecule has 3 aliphatic carbocycles. The van der Waals surface area contributed by atoms with Gasteiger partial charge in [-0.1, -0.05) is 140 Å². The molecule has 0 bridgehead atoms. The molecule has 10 rings (SSSR count). The van der Waals surface area contributed by atoms with Gasteiger partial charge in [0, 0.05) is 38.9 Å². The number of para-hydroxylation sites is 1. The molecule has 0 aliphatic heterocycles. The number of aromatic nitrogens is 1. The largest absolute Gasteiger partial charge is 0.381 e. The number of rotatable bonds is 4. The molecule has 230 valence electrons. The first-order chi connectivity index (χ1) is 23.8. The molecule has 0 spiro atoms. The van der Waals surface area contributed by atoms with Crippen LogP contribution in [-0.4, -0.2) is 10.6 Å². The molecule has 3 unspecified atom stereocenters. The highest BCUT2D eigenvalue weighted by atomic mass is 15.0.